The van der Waals surface area contributed by atoms with Crippen molar-refractivity contribution in [3.63, 3.8) is 0 Å². The molecule has 0 saturated heterocycles. The van der Waals surface area contributed by atoms with Crippen molar-refractivity contribution < 1.29 is 4.79 Å². The summed E-state index contributed by atoms with van der Waals surface area (Å²) in [5, 5.41) is 5.38. The van der Waals surface area contributed by atoms with Gasteiger partial charge in [0.25, 0.3) is 5.91 Å². The Morgan fingerprint density at radius 3 is 2.10 bits per heavy atom. The van der Waals surface area contributed by atoms with Gasteiger partial charge in [0.2, 0.25) is 0 Å². The molecule has 5 nitrogen and oxygen atoms in total. The van der Waals surface area contributed by atoms with Gasteiger partial charge in [-0.05, 0) is 51.3 Å². The SMILES string of the molecule is CCN(CC)C(C)(NC(=O)c1cccc2cc3ccccc3nc12)N(CC)CC. The standard InChI is InChI=1S/C24H32N4O/c1-6-27(7-2)24(5,28(8-3)9-4)26-23(29)20-15-12-14-19-17-18-13-10-11-16-21(18)25-22(19)20/h10-17H,6-9H2,1-5H3,(H,26,29). The quantitative estimate of drug-likeness (QED) is 0.454. The first kappa shape index (κ1) is 21.2. The minimum Gasteiger partial charge on any atom is -0.321 e. The third-order valence-electron chi connectivity index (χ3n) is 5.90. The van der Waals surface area contributed by atoms with Gasteiger partial charge in [-0.15, -0.1) is 0 Å². The molecule has 0 aliphatic carbocycles. The molecule has 154 valence electrons. The number of nitrogens with one attached hydrogen (secondary N) is 1. The van der Waals surface area contributed by atoms with Crippen molar-refractivity contribution >= 4 is 27.7 Å². The van der Waals surface area contributed by atoms with E-state index in [9.17, 15) is 4.79 Å². The van der Waals surface area contributed by atoms with E-state index in [0.717, 1.165) is 48.0 Å². The zero-order chi connectivity index (χ0) is 21.0. The first-order valence-corrected chi connectivity index (χ1v) is 10.6. The highest BCUT2D eigenvalue weighted by molar-refractivity contribution is 6.07. The van der Waals surface area contributed by atoms with Gasteiger partial charge in [0.15, 0.2) is 0 Å². The average Bonchev–Trinajstić information content (AvgIpc) is 2.73. The lowest BCUT2D eigenvalue weighted by atomic mass is 10.1. The van der Waals surface area contributed by atoms with Crippen molar-refractivity contribution in [1.82, 2.24) is 20.1 Å². The number of pyridine rings is 1. The predicted molar refractivity (Wildman–Crippen MR) is 121 cm³/mol. The fourth-order valence-electron chi connectivity index (χ4n) is 4.30. The number of aromatic nitrogens is 1. The number of carbonyl (C=O) groups is 1. The smallest absolute Gasteiger partial charge is 0.255 e. The monoisotopic (exact) mass is 392 g/mol. The van der Waals surface area contributed by atoms with Crippen LogP contribution in [0.4, 0.5) is 0 Å². The summed E-state index contributed by atoms with van der Waals surface area (Å²) in [7, 11) is 0. The molecule has 1 heterocycles. The lowest BCUT2D eigenvalue weighted by Crippen LogP contribution is -2.68. The maximum atomic E-state index is 13.5. The van der Waals surface area contributed by atoms with E-state index in [0.29, 0.717) is 5.56 Å². The van der Waals surface area contributed by atoms with E-state index in [2.05, 4.69) is 55.8 Å². The second-order valence-corrected chi connectivity index (χ2v) is 7.38. The molecule has 0 atom stereocenters. The van der Waals surface area contributed by atoms with Gasteiger partial charge < -0.3 is 5.32 Å². The molecule has 0 aliphatic rings. The number of fused-ring (bicyclic) bond motifs is 2. The third kappa shape index (κ3) is 3.98. The van der Waals surface area contributed by atoms with Gasteiger partial charge in [0, 0.05) is 10.8 Å². The van der Waals surface area contributed by atoms with E-state index < -0.39 is 5.79 Å². The molecule has 1 N–H and O–H groups in total. The zero-order valence-electron chi connectivity index (χ0n) is 18.2. The van der Waals surface area contributed by atoms with E-state index >= 15 is 0 Å². The van der Waals surface area contributed by atoms with E-state index in [1.165, 1.54) is 0 Å². The van der Waals surface area contributed by atoms with Gasteiger partial charge in [0.05, 0.1) is 16.6 Å². The Labute approximate surface area is 173 Å². The van der Waals surface area contributed by atoms with E-state index in [4.69, 9.17) is 4.98 Å². The highest BCUT2D eigenvalue weighted by Crippen LogP contribution is 2.24. The number of benzene rings is 2. The Bertz CT molecular complexity index is 981. The second-order valence-electron chi connectivity index (χ2n) is 7.38. The number of nitrogens with zero attached hydrogens (tertiary/aromatic N) is 3. The highest BCUT2D eigenvalue weighted by atomic mass is 16.2. The van der Waals surface area contributed by atoms with Crippen molar-refractivity contribution in [2.75, 3.05) is 26.2 Å². The molecule has 5 heteroatoms. The van der Waals surface area contributed by atoms with Crippen LogP contribution in [0.15, 0.2) is 48.5 Å². The summed E-state index contributed by atoms with van der Waals surface area (Å²) in [5.41, 5.74) is 2.25. The topological polar surface area (TPSA) is 48.5 Å². The lowest BCUT2D eigenvalue weighted by molar-refractivity contribution is -0.0558. The van der Waals surface area contributed by atoms with E-state index in [1.807, 2.05) is 42.5 Å². The fourth-order valence-corrected chi connectivity index (χ4v) is 4.30. The minimum absolute atomic E-state index is 0.0975. The Morgan fingerprint density at radius 2 is 1.48 bits per heavy atom. The molecule has 0 bridgehead atoms. The molecule has 0 unspecified atom stereocenters. The Kier molecular flexibility index (Phi) is 6.50. The molecule has 29 heavy (non-hydrogen) atoms. The molecule has 1 aromatic heterocycles. The Morgan fingerprint density at radius 1 is 0.897 bits per heavy atom. The average molecular weight is 393 g/mol. The first-order valence-electron chi connectivity index (χ1n) is 10.6. The molecule has 0 saturated carbocycles. The van der Waals surface area contributed by atoms with Gasteiger partial charge in [0.1, 0.15) is 5.79 Å². The number of rotatable bonds is 8. The molecule has 2 aromatic carbocycles. The summed E-state index contributed by atoms with van der Waals surface area (Å²) in [6.45, 7) is 14.0. The molecular weight excluding hydrogens is 360 g/mol. The van der Waals surface area contributed by atoms with Gasteiger partial charge in [-0.1, -0.05) is 58.0 Å². The molecule has 0 fully saturated rings. The highest BCUT2D eigenvalue weighted by Gasteiger charge is 2.37. The molecule has 3 aromatic rings. The zero-order valence-corrected chi connectivity index (χ0v) is 18.2. The minimum atomic E-state index is -0.566. The van der Waals surface area contributed by atoms with Crippen LogP contribution in [0.25, 0.3) is 21.8 Å². The van der Waals surface area contributed by atoms with Crippen LogP contribution >= 0.6 is 0 Å². The third-order valence-corrected chi connectivity index (χ3v) is 5.90. The molecule has 0 aliphatic heterocycles. The number of para-hydroxylation sites is 2. The van der Waals surface area contributed by atoms with E-state index in [1.54, 1.807) is 0 Å². The molecule has 1 amide bonds. The summed E-state index contributed by atoms with van der Waals surface area (Å²) >= 11 is 0. The van der Waals surface area contributed by atoms with Crippen LogP contribution in [0.3, 0.4) is 0 Å². The number of carbonyl (C=O) groups excluding carboxylic acids is 1. The summed E-state index contributed by atoms with van der Waals surface area (Å²) < 4.78 is 0. The summed E-state index contributed by atoms with van der Waals surface area (Å²) in [4.78, 5) is 22.9. The predicted octanol–water partition coefficient (Wildman–Crippen LogP) is 4.48. The van der Waals surface area contributed by atoms with Gasteiger partial charge in [-0.25, -0.2) is 4.98 Å². The second kappa shape index (κ2) is 8.89. The molecular formula is C24H32N4O. The van der Waals surface area contributed by atoms with E-state index in [-0.39, 0.29) is 5.91 Å². The lowest BCUT2D eigenvalue weighted by Gasteiger charge is -2.48. The summed E-state index contributed by atoms with van der Waals surface area (Å²) in [6, 6.07) is 15.9. The molecule has 3 rings (SSSR count). The summed E-state index contributed by atoms with van der Waals surface area (Å²) in [6.07, 6.45) is 0. The van der Waals surface area contributed by atoms with Gasteiger partial charge in [-0.3, -0.25) is 14.6 Å². The maximum absolute atomic E-state index is 13.5. The van der Waals surface area contributed by atoms with Crippen molar-refractivity contribution in [1.29, 1.82) is 0 Å². The summed E-state index contributed by atoms with van der Waals surface area (Å²) in [5.74, 6) is -0.664. The van der Waals surface area contributed by atoms with Gasteiger partial charge in [-0.2, -0.15) is 0 Å². The number of hydrogen-bond acceptors (Lipinski definition) is 4. The van der Waals surface area contributed by atoms with Crippen LogP contribution in [-0.4, -0.2) is 52.7 Å². The van der Waals surface area contributed by atoms with Gasteiger partial charge >= 0.3 is 0 Å². The Balaban J connectivity index is 2.06. The van der Waals surface area contributed by atoms with Crippen LogP contribution in [0, 0.1) is 0 Å². The van der Waals surface area contributed by atoms with Crippen molar-refractivity contribution in [3.05, 3.63) is 54.1 Å². The van der Waals surface area contributed by atoms with Crippen molar-refractivity contribution in [3.8, 4) is 0 Å². The number of hydrogen-bond donors (Lipinski definition) is 1. The normalized spacial score (nSPS) is 12.2. The number of amides is 1. The molecule has 0 radical (unpaired) electrons. The van der Waals surface area contributed by atoms with Crippen LogP contribution in [0.1, 0.15) is 45.0 Å². The van der Waals surface area contributed by atoms with Crippen molar-refractivity contribution in [2.45, 2.75) is 40.4 Å². The molecule has 0 spiro atoms. The largest absolute Gasteiger partial charge is 0.321 e. The van der Waals surface area contributed by atoms with Crippen LogP contribution in [-0.2, 0) is 0 Å². The van der Waals surface area contributed by atoms with Crippen LogP contribution in [0.5, 0.6) is 0 Å². The van der Waals surface area contributed by atoms with Crippen LogP contribution < -0.4 is 5.32 Å². The van der Waals surface area contributed by atoms with Crippen molar-refractivity contribution in [2.24, 2.45) is 0 Å². The fraction of sp³-hybridized carbons (Fsp3) is 0.417. The Hall–Kier alpha value is -2.50. The maximum Gasteiger partial charge on any atom is 0.255 e. The van der Waals surface area contributed by atoms with Crippen LogP contribution in [0.2, 0.25) is 0 Å². The first-order chi connectivity index (χ1) is 14.0.